The summed E-state index contributed by atoms with van der Waals surface area (Å²) in [5, 5.41) is 3.50. The van der Waals surface area contributed by atoms with Crippen molar-refractivity contribution >= 4 is 0 Å². The van der Waals surface area contributed by atoms with Gasteiger partial charge in [0.2, 0.25) is 0 Å². The molecule has 1 aliphatic heterocycles. The molecule has 1 aliphatic rings. The van der Waals surface area contributed by atoms with Gasteiger partial charge in [0.15, 0.2) is 0 Å². The third kappa shape index (κ3) is 5.06. The molecule has 2 rings (SSSR count). The van der Waals surface area contributed by atoms with E-state index in [0.717, 1.165) is 31.5 Å². The van der Waals surface area contributed by atoms with Crippen LogP contribution in [0.25, 0.3) is 0 Å². The molecule has 0 bridgehead atoms. The Morgan fingerprint density at radius 2 is 1.90 bits per heavy atom. The molecule has 1 aromatic carbocycles. The minimum atomic E-state index is -0.101. The van der Waals surface area contributed by atoms with Crippen molar-refractivity contribution in [1.82, 2.24) is 15.1 Å². The first-order valence-electron chi connectivity index (χ1n) is 8.09. The number of nitrogens with one attached hydrogen (secondary N) is 1. The van der Waals surface area contributed by atoms with Crippen molar-refractivity contribution in [2.24, 2.45) is 0 Å². The normalized spacial score (nSPS) is 18.8. The molecule has 118 valence electrons. The largest absolute Gasteiger partial charge is 0.310 e. The lowest BCUT2D eigenvalue weighted by molar-refractivity contribution is 0.152. The lowest BCUT2D eigenvalue weighted by Crippen LogP contribution is -2.45. The average Bonchev–Trinajstić information content (AvgIpc) is 2.50. The van der Waals surface area contributed by atoms with Gasteiger partial charge in [-0.25, -0.2) is 4.39 Å². The van der Waals surface area contributed by atoms with Crippen LogP contribution >= 0.6 is 0 Å². The Kier molecular flexibility index (Phi) is 6.61. The van der Waals surface area contributed by atoms with E-state index in [-0.39, 0.29) is 11.9 Å². The average molecular weight is 293 g/mol. The molecule has 1 atom stereocenters. The number of hydrogen-bond donors (Lipinski definition) is 1. The molecule has 1 saturated heterocycles. The van der Waals surface area contributed by atoms with E-state index in [1.807, 2.05) is 12.1 Å². The lowest BCUT2D eigenvalue weighted by atomic mass is 10.0. The number of rotatable bonds is 7. The van der Waals surface area contributed by atoms with E-state index in [1.165, 1.54) is 26.2 Å². The zero-order chi connectivity index (χ0) is 15.1. The fourth-order valence-corrected chi connectivity index (χ4v) is 2.88. The number of likely N-dealkylation sites (N-methyl/N-ethyl adjacent to an activating group) is 1. The van der Waals surface area contributed by atoms with Gasteiger partial charge in [-0.15, -0.1) is 0 Å². The van der Waals surface area contributed by atoms with Crippen LogP contribution in [0.1, 0.15) is 31.4 Å². The summed E-state index contributed by atoms with van der Waals surface area (Å²) in [6.07, 6.45) is 2.03. The predicted octanol–water partition coefficient (Wildman–Crippen LogP) is 2.50. The molecule has 0 saturated carbocycles. The third-order valence-corrected chi connectivity index (χ3v) is 4.33. The van der Waals surface area contributed by atoms with Gasteiger partial charge in [0.05, 0.1) is 0 Å². The number of halogens is 1. The van der Waals surface area contributed by atoms with Crippen molar-refractivity contribution in [1.29, 1.82) is 0 Å². The van der Waals surface area contributed by atoms with Crippen molar-refractivity contribution in [3.63, 3.8) is 0 Å². The van der Waals surface area contributed by atoms with Gasteiger partial charge >= 0.3 is 0 Å². The van der Waals surface area contributed by atoms with Crippen LogP contribution in [0.3, 0.4) is 0 Å². The Balaban J connectivity index is 1.70. The highest BCUT2D eigenvalue weighted by atomic mass is 19.1. The molecule has 0 aromatic heterocycles. The molecule has 1 unspecified atom stereocenters. The molecule has 1 fully saturated rings. The summed E-state index contributed by atoms with van der Waals surface area (Å²) in [5.74, 6) is -0.101. The summed E-state index contributed by atoms with van der Waals surface area (Å²) in [6.45, 7) is 8.85. The van der Waals surface area contributed by atoms with Crippen LogP contribution in [-0.2, 0) is 0 Å². The summed E-state index contributed by atoms with van der Waals surface area (Å²) in [5.41, 5.74) is 0.791. The molecule has 0 radical (unpaired) electrons. The molecule has 21 heavy (non-hydrogen) atoms. The van der Waals surface area contributed by atoms with Crippen LogP contribution in [-0.4, -0.2) is 56.1 Å². The Morgan fingerprint density at radius 3 is 2.57 bits per heavy atom. The summed E-state index contributed by atoms with van der Waals surface area (Å²) >= 11 is 0. The standard InChI is InChI=1S/C17H28FN3/c1-3-17(15-7-4-5-8-16(15)18)19-9-6-10-21-13-11-20(2)12-14-21/h4-5,7-8,17,19H,3,6,9-14H2,1-2H3. The second-order valence-electron chi connectivity index (χ2n) is 5.93. The fourth-order valence-electron chi connectivity index (χ4n) is 2.88. The van der Waals surface area contributed by atoms with Crippen LogP contribution in [0.2, 0.25) is 0 Å². The molecule has 1 heterocycles. The SMILES string of the molecule is CCC(NCCCN1CCN(C)CC1)c1ccccc1F. The molecular weight excluding hydrogens is 265 g/mol. The van der Waals surface area contributed by atoms with Gasteiger partial charge in [-0.05, 0) is 39.0 Å². The summed E-state index contributed by atoms with van der Waals surface area (Å²) in [7, 11) is 2.18. The molecule has 4 heteroatoms. The maximum absolute atomic E-state index is 13.8. The van der Waals surface area contributed by atoms with Crippen molar-refractivity contribution in [3.05, 3.63) is 35.6 Å². The van der Waals surface area contributed by atoms with E-state index in [4.69, 9.17) is 0 Å². The number of hydrogen-bond acceptors (Lipinski definition) is 3. The minimum Gasteiger partial charge on any atom is -0.310 e. The number of benzene rings is 1. The highest BCUT2D eigenvalue weighted by Crippen LogP contribution is 2.19. The summed E-state index contributed by atoms with van der Waals surface area (Å²) in [4.78, 5) is 4.89. The second-order valence-corrected chi connectivity index (χ2v) is 5.93. The first-order valence-corrected chi connectivity index (χ1v) is 8.09. The van der Waals surface area contributed by atoms with E-state index >= 15 is 0 Å². The van der Waals surface area contributed by atoms with Crippen LogP contribution in [0.15, 0.2) is 24.3 Å². The van der Waals surface area contributed by atoms with Gasteiger partial charge in [0.25, 0.3) is 0 Å². The first kappa shape index (κ1) is 16.4. The number of nitrogens with zero attached hydrogens (tertiary/aromatic N) is 2. The van der Waals surface area contributed by atoms with E-state index in [0.29, 0.717) is 0 Å². The highest BCUT2D eigenvalue weighted by molar-refractivity contribution is 5.21. The zero-order valence-electron chi connectivity index (χ0n) is 13.3. The molecular formula is C17H28FN3. The van der Waals surface area contributed by atoms with Gasteiger partial charge in [0, 0.05) is 37.8 Å². The van der Waals surface area contributed by atoms with E-state index < -0.39 is 0 Å². The van der Waals surface area contributed by atoms with Crippen LogP contribution < -0.4 is 5.32 Å². The Labute approximate surface area is 128 Å². The van der Waals surface area contributed by atoms with Gasteiger partial charge in [-0.2, -0.15) is 0 Å². The lowest BCUT2D eigenvalue weighted by Gasteiger charge is -2.32. The van der Waals surface area contributed by atoms with Crippen molar-refractivity contribution in [3.8, 4) is 0 Å². The zero-order valence-corrected chi connectivity index (χ0v) is 13.3. The van der Waals surface area contributed by atoms with Crippen molar-refractivity contribution < 1.29 is 4.39 Å². The quantitative estimate of drug-likeness (QED) is 0.779. The van der Waals surface area contributed by atoms with Crippen LogP contribution in [0.4, 0.5) is 4.39 Å². The second kappa shape index (κ2) is 8.47. The highest BCUT2D eigenvalue weighted by Gasteiger charge is 2.14. The molecule has 3 nitrogen and oxygen atoms in total. The van der Waals surface area contributed by atoms with Crippen molar-refractivity contribution in [2.75, 3.05) is 46.3 Å². The van der Waals surface area contributed by atoms with Crippen molar-refractivity contribution in [2.45, 2.75) is 25.8 Å². The molecule has 1 N–H and O–H groups in total. The fraction of sp³-hybridized carbons (Fsp3) is 0.647. The summed E-state index contributed by atoms with van der Waals surface area (Å²) < 4.78 is 13.8. The Hall–Kier alpha value is -0.970. The van der Waals surface area contributed by atoms with Gasteiger partial charge < -0.3 is 15.1 Å². The van der Waals surface area contributed by atoms with E-state index in [9.17, 15) is 4.39 Å². The monoisotopic (exact) mass is 293 g/mol. The van der Waals surface area contributed by atoms with Crippen LogP contribution in [0.5, 0.6) is 0 Å². The molecule has 0 aliphatic carbocycles. The van der Waals surface area contributed by atoms with Gasteiger partial charge in [-0.3, -0.25) is 0 Å². The smallest absolute Gasteiger partial charge is 0.127 e. The Morgan fingerprint density at radius 1 is 1.19 bits per heavy atom. The predicted molar refractivity (Wildman–Crippen MR) is 86.0 cm³/mol. The van der Waals surface area contributed by atoms with Crippen LogP contribution in [0, 0.1) is 5.82 Å². The summed E-state index contributed by atoms with van der Waals surface area (Å²) in [6, 6.07) is 7.21. The molecule has 0 amide bonds. The first-order chi connectivity index (χ1) is 10.2. The maximum Gasteiger partial charge on any atom is 0.127 e. The molecule has 1 aromatic rings. The third-order valence-electron chi connectivity index (χ3n) is 4.33. The minimum absolute atomic E-state index is 0.101. The Bertz CT molecular complexity index is 416. The maximum atomic E-state index is 13.8. The molecule has 0 spiro atoms. The van der Waals surface area contributed by atoms with E-state index in [1.54, 1.807) is 12.1 Å². The van der Waals surface area contributed by atoms with Gasteiger partial charge in [0.1, 0.15) is 5.82 Å². The number of piperazine rings is 1. The van der Waals surface area contributed by atoms with Gasteiger partial charge in [-0.1, -0.05) is 25.1 Å². The van der Waals surface area contributed by atoms with E-state index in [2.05, 4.69) is 29.1 Å². The topological polar surface area (TPSA) is 18.5 Å².